The summed E-state index contributed by atoms with van der Waals surface area (Å²) < 4.78 is 48.0. The summed E-state index contributed by atoms with van der Waals surface area (Å²) in [7, 11) is -5.61. The molecule has 0 unspecified atom stereocenters. The van der Waals surface area contributed by atoms with Crippen LogP contribution in [0.3, 0.4) is 0 Å². The molecule has 12 heteroatoms. The Kier molecular flexibility index (Phi) is 7.57. The second kappa shape index (κ2) is 9.27. The maximum Gasteiger partial charge on any atom is 0.335 e. The van der Waals surface area contributed by atoms with Gasteiger partial charge in [0, 0.05) is 4.91 Å². The van der Waals surface area contributed by atoms with Gasteiger partial charge in [-0.2, -0.15) is 8.42 Å². The quantitative estimate of drug-likeness (QED) is 0.148. The number of carbonyl (C=O) groups excluding carboxylic acids is 1. The number of benzene rings is 1. The van der Waals surface area contributed by atoms with Crippen LogP contribution in [0.5, 0.6) is 0 Å². The molecule has 1 aromatic carbocycles. The third kappa shape index (κ3) is 5.65. The lowest BCUT2D eigenvalue weighted by Gasteiger charge is -2.39. The van der Waals surface area contributed by atoms with Gasteiger partial charge in [-0.3, -0.25) is 4.18 Å². The number of esters is 1. The molecule has 10 nitrogen and oxygen atoms in total. The summed E-state index contributed by atoms with van der Waals surface area (Å²) >= 11 is 0. The maximum atomic E-state index is 12.9. The lowest BCUT2D eigenvalue weighted by Crippen LogP contribution is -2.48. The third-order valence-electron chi connectivity index (χ3n) is 5.58. The van der Waals surface area contributed by atoms with Crippen molar-refractivity contribution in [3.8, 4) is 0 Å². The van der Waals surface area contributed by atoms with Crippen molar-refractivity contribution in [2.45, 2.75) is 75.3 Å². The van der Waals surface area contributed by atoms with Crippen molar-refractivity contribution in [1.29, 1.82) is 0 Å². The molecule has 0 amide bonds. The first-order chi connectivity index (χ1) is 14.2. The van der Waals surface area contributed by atoms with Gasteiger partial charge in [0.15, 0.2) is 20.7 Å². The molecule has 0 aromatic heterocycles. The fourth-order valence-electron chi connectivity index (χ4n) is 2.70. The first-order valence-electron chi connectivity index (χ1n) is 9.69. The van der Waals surface area contributed by atoms with Crippen molar-refractivity contribution in [2.75, 3.05) is 7.11 Å². The predicted octanol–water partition coefficient (Wildman–Crippen LogP) is 3.67. The van der Waals surface area contributed by atoms with Gasteiger partial charge in [-0.05, 0) is 42.7 Å². The van der Waals surface area contributed by atoms with Crippen molar-refractivity contribution >= 4 is 24.4 Å². The van der Waals surface area contributed by atoms with Crippen LogP contribution in [0.15, 0.2) is 34.3 Å². The summed E-state index contributed by atoms with van der Waals surface area (Å²) in [5.41, 5.74) is 9.90. The van der Waals surface area contributed by atoms with Crippen LogP contribution >= 0.6 is 0 Å². The molecule has 172 valence electrons. The average Bonchev–Trinajstić information content (AvgIpc) is 2.97. The number of hydrogen-bond acceptors (Lipinski definition) is 8. The highest BCUT2D eigenvalue weighted by atomic mass is 32.2. The van der Waals surface area contributed by atoms with Crippen LogP contribution in [-0.2, 0) is 33.0 Å². The summed E-state index contributed by atoms with van der Waals surface area (Å²) in [5.74, 6) is -0.819. The number of rotatable bonds is 7. The van der Waals surface area contributed by atoms with Gasteiger partial charge in [0.2, 0.25) is 0 Å². The third-order valence-corrected chi connectivity index (χ3v) is 11.3. The molecule has 4 atom stereocenters. The smallest absolute Gasteiger partial charge is 0.335 e. The largest absolute Gasteiger partial charge is 0.467 e. The average molecular weight is 472 g/mol. The van der Waals surface area contributed by atoms with Gasteiger partial charge in [0.1, 0.15) is 12.1 Å². The highest BCUT2D eigenvalue weighted by molar-refractivity contribution is 7.86. The molecule has 1 aliphatic heterocycles. The fraction of sp³-hybridized carbons (Fsp3) is 0.632. The minimum atomic E-state index is -4.27. The molecule has 1 aromatic rings. The number of carbonyl (C=O) groups is 1. The van der Waals surface area contributed by atoms with E-state index >= 15 is 0 Å². The zero-order valence-corrected chi connectivity index (χ0v) is 20.5. The Hall–Kier alpha value is -1.95. The van der Waals surface area contributed by atoms with Crippen LogP contribution in [0, 0.1) is 6.92 Å². The van der Waals surface area contributed by atoms with Crippen LogP contribution < -0.4 is 0 Å². The molecule has 1 fully saturated rings. The first kappa shape index (κ1) is 25.3. The molecule has 0 bridgehead atoms. The molecule has 1 saturated heterocycles. The van der Waals surface area contributed by atoms with Crippen LogP contribution in [0.2, 0.25) is 18.1 Å². The molecule has 0 spiro atoms. The van der Waals surface area contributed by atoms with E-state index in [0.717, 1.165) is 12.7 Å². The maximum absolute atomic E-state index is 12.9. The van der Waals surface area contributed by atoms with E-state index in [4.69, 9.17) is 23.6 Å². The van der Waals surface area contributed by atoms with E-state index in [1.165, 1.54) is 12.1 Å². The highest BCUT2D eigenvalue weighted by Crippen LogP contribution is 2.41. The molecule has 2 rings (SSSR count). The topological polar surface area (TPSA) is 137 Å². The Labute approximate surface area is 183 Å². The Balaban J connectivity index is 2.47. The van der Waals surface area contributed by atoms with Crippen molar-refractivity contribution in [1.82, 2.24) is 0 Å². The Morgan fingerprint density at radius 3 is 2.29 bits per heavy atom. The second-order valence-corrected chi connectivity index (χ2v) is 15.2. The minimum Gasteiger partial charge on any atom is -0.467 e. The fourth-order valence-corrected chi connectivity index (χ4v) is 4.91. The molecule has 0 saturated carbocycles. The van der Waals surface area contributed by atoms with Gasteiger partial charge in [-0.1, -0.05) is 43.6 Å². The molecular formula is C19H29N3O7SSi. The van der Waals surface area contributed by atoms with Crippen LogP contribution in [-0.4, -0.2) is 54.4 Å². The molecule has 1 aliphatic rings. The summed E-state index contributed by atoms with van der Waals surface area (Å²) in [5, 5.41) is 3.35. The van der Waals surface area contributed by atoms with E-state index < -0.39 is 48.9 Å². The van der Waals surface area contributed by atoms with Crippen LogP contribution in [0.1, 0.15) is 26.3 Å². The minimum absolute atomic E-state index is 0.0784. The molecule has 0 radical (unpaired) electrons. The lowest BCUT2D eigenvalue weighted by atomic mass is 10.1. The second-order valence-electron chi connectivity index (χ2n) is 8.85. The summed E-state index contributed by atoms with van der Waals surface area (Å²) in [4.78, 5) is 14.9. The van der Waals surface area contributed by atoms with Crippen LogP contribution in [0.4, 0.5) is 0 Å². The zero-order valence-electron chi connectivity index (χ0n) is 18.7. The lowest BCUT2D eigenvalue weighted by molar-refractivity contribution is -0.164. The molecule has 0 aliphatic carbocycles. The molecule has 1 heterocycles. The van der Waals surface area contributed by atoms with Crippen molar-refractivity contribution in [2.24, 2.45) is 5.11 Å². The molecular weight excluding hydrogens is 442 g/mol. The molecule has 31 heavy (non-hydrogen) atoms. The monoisotopic (exact) mass is 471 g/mol. The van der Waals surface area contributed by atoms with Crippen LogP contribution in [0.25, 0.3) is 10.4 Å². The van der Waals surface area contributed by atoms with Crippen molar-refractivity contribution in [3.05, 3.63) is 40.3 Å². The summed E-state index contributed by atoms with van der Waals surface area (Å²) in [6.07, 6.45) is -3.99. The van der Waals surface area contributed by atoms with E-state index in [0.29, 0.717) is 0 Å². The number of methoxy groups -OCH3 is 1. The van der Waals surface area contributed by atoms with Gasteiger partial charge in [0.05, 0.1) is 12.0 Å². The first-order valence-corrected chi connectivity index (χ1v) is 14.0. The number of ether oxygens (including phenoxy) is 2. The summed E-state index contributed by atoms with van der Waals surface area (Å²) in [6, 6.07) is 4.78. The SMILES string of the molecule is COC(=O)[C@H]1O[C@@H](O[Si](C)(C)C(C)(C)C)[C@H](OS(=O)(=O)c2ccc(C)cc2)[C@H]1N=[N+]=[N-]. The van der Waals surface area contributed by atoms with Crippen molar-refractivity contribution < 1.29 is 31.3 Å². The van der Waals surface area contributed by atoms with Gasteiger partial charge < -0.3 is 13.9 Å². The van der Waals surface area contributed by atoms with Gasteiger partial charge >= 0.3 is 5.97 Å². The Morgan fingerprint density at radius 2 is 1.81 bits per heavy atom. The Bertz CT molecular complexity index is 954. The van der Waals surface area contributed by atoms with E-state index in [9.17, 15) is 13.2 Å². The number of azide groups is 1. The van der Waals surface area contributed by atoms with E-state index in [1.807, 2.05) is 40.8 Å². The number of nitrogens with zero attached hydrogens (tertiary/aromatic N) is 3. The highest BCUT2D eigenvalue weighted by Gasteiger charge is 2.54. The number of aryl methyl sites for hydroxylation is 1. The van der Waals surface area contributed by atoms with Gasteiger partial charge in [-0.15, -0.1) is 0 Å². The van der Waals surface area contributed by atoms with Gasteiger partial charge in [0.25, 0.3) is 10.1 Å². The number of hydrogen-bond donors (Lipinski definition) is 0. The Morgan fingerprint density at radius 1 is 1.23 bits per heavy atom. The summed E-state index contributed by atoms with van der Waals surface area (Å²) in [6.45, 7) is 11.7. The van der Waals surface area contributed by atoms with Gasteiger partial charge in [-0.25, -0.2) is 4.79 Å². The standard InChI is InChI=1S/C19H29N3O7SSi/c1-12-8-10-13(11-9-12)30(24,25)28-16-14(21-22-20)15(17(23)26-5)27-18(16)29-31(6,7)19(2,3)4/h8-11,14-16,18H,1-7H3/t14-,15-,16+,18-/m0/s1. The van der Waals surface area contributed by atoms with E-state index in [2.05, 4.69) is 10.0 Å². The zero-order chi connectivity index (χ0) is 23.6. The van der Waals surface area contributed by atoms with Crippen molar-refractivity contribution in [3.63, 3.8) is 0 Å². The van der Waals surface area contributed by atoms with E-state index in [1.54, 1.807) is 12.1 Å². The predicted molar refractivity (Wildman–Crippen MR) is 115 cm³/mol. The molecule has 0 N–H and O–H groups in total. The normalized spacial score (nSPS) is 24.5. The van der Waals surface area contributed by atoms with E-state index in [-0.39, 0.29) is 9.93 Å².